The zero-order valence-corrected chi connectivity index (χ0v) is 11.7. The van der Waals surface area contributed by atoms with E-state index in [2.05, 4.69) is 22.6 Å². The second-order valence-corrected chi connectivity index (χ2v) is 8.37. The lowest BCUT2D eigenvalue weighted by atomic mass is 10.1. The van der Waals surface area contributed by atoms with Crippen LogP contribution in [-0.2, 0) is 14.6 Å². The molecule has 0 N–H and O–H groups in total. The highest BCUT2D eigenvalue weighted by Gasteiger charge is 2.37. The van der Waals surface area contributed by atoms with Crippen LogP contribution in [0.1, 0.15) is 25.7 Å². The van der Waals surface area contributed by atoms with Crippen molar-refractivity contribution in [2.24, 2.45) is 5.92 Å². The summed E-state index contributed by atoms with van der Waals surface area (Å²) in [5, 5.41) is 0. The van der Waals surface area contributed by atoms with E-state index in [1.54, 1.807) is 0 Å². The van der Waals surface area contributed by atoms with Crippen LogP contribution in [0.15, 0.2) is 0 Å². The van der Waals surface area contributed by atoms with Gasteiger partial charge in [-0.25, -0.2) is 8.42 Å². The van der Waals surface area contributed by atoms with Crippen LogP contribution in [0.4, 0.5) is 0 Å². The Morgan fingerprint density at radius 2 is 1.87 bits per heavy atom. The summed E-state index contributed by atoms with van der Waals surface area (Å²) in [6.45, 7) is 0.764. The monoisotopic (exact) mass is 344 g/mol. The largest absolute Gasteiger partial charge is 0.376 e. The Labute approximate surface area is 105 Å². The van der Waals surface area contributed by atoms with Gasteiger partial charge in [0, 0.05) is 6.61 Å². The molecule has 0 bridgehead atoms. The second-order valence-electron chi connectivity index (χ2n) is 4.62. The van der Waals surface area contributed by atoms with Gasteiger partial charge in [-0.1, -0.05) is 35.4 Å². The molecular formula is C10H17IO3S. The first kappa shape index (κ1) is 12.1. The number of hydrogen-bond donors (Lipinski definition) is 0. The summed E-state index contributed by atoms with van der Waals surface area (Å²) in [4.78, 5) is 0. The predicted octanol–water partition coefficient (Wildman–Crippen LogP) is 1.79. The molecule has 0 aromatic carbocycles. The average Bonchev–Trinajstić information content (AvgIpc) is 2.70. The highest BCUT2D eigenvalue weighted by Crippen LogP contribution is 2.28. The standard InChI is InChI=1S/C10H17IO3S/c11-9-6-15(12,13)7-10(9)14-5-8-3-1-2-4-8/h8-10H,1-7H2. The third-order valence-electron chi connectivity index (χ3n) is 3.26. The van der Waals surface area contributed by atoms with Gasteiger partial charge >= 0.3 is 0 Å². The number of rotatable bonds is 3. The molecule has 1 heterocycles. The Bertz CT molecular complexity index is 309. The van der Waals surface area contributed by atoms with E-state index in [0.29, 0.717) is 11.7 Å². The van der Waals surface area contributed by atoms with Gasteiger partial charge in [-0.3, -0.25) is 0 Å². The number of halogens is 1. The maximum atomic E-state index is 11.4. The van der Waals surface area contributed by atoms with Crippen LogP contribution < -0.4 is 0 Å². The highest BCUT2D eigenvalue weighted by molar-refractivity contribution is 14.1. The number of hydrogen-bond acceptors (Lipinski definition) is 3. The van der Waals surface area contributed by atoms with Gasteiger partial charge in [0.05, 0.1) is 21.5 Å². The molecule has 2 atom stereocenters. The summed E-state index contributed by atoms with van der Waals surface area (Å²) in [7, 11) is -2.82. The Morgan fingerprint density at radius 1 is 1.20 bits per heavy atom. The summed E-state index contributed by atoms with van der Waals surface area (Å²) in [5.74, 6) is 1.20. The third-order valence-corrected chi connectivity index (χ3v) is 6.80. The van der Waals surface area contributed by atoms with Crippen molar-refractivity contribution in [3.8, 4) is 0 Å². The van der Waals surface area contributed by atoms with E-state index in [4.69, 9.17) is 4.74 Å². The minimum absolute atomic E-state index is 0.0591. The summed E-state index contributed by atoms with van der Waals surface area (Å²) < 4.78 is 28.6. The van der Waals surface area contributed by atoms with Gasteiger partial charge in [0.1, 0.15) is 0 Å². The number of alkyl halides is 1. The van der Waals surface area contributed by atoms with Crippen molar-refractivity contribution in [3.63, 3.8) is 0 Å². The van der Waals surface area contributed by atoms with Crippen LogP contribution in [0, 0.1) is 5.92 Å². The molecule has 15 heavy (non-hydrogen) atoms. The molecule has 2 rings (SSSR count). The minimum Gasteiger partial charge on any atom is -0.376 e. The van der Waals surface area contributed by atoms with Crippen molar-refractivity contribution in [2.75, 3.05) is 18.1 Å². The molecule has 88 valence electrons. The highest BCUT2D eigenvalue weighted by atomic mass is 127. The van der Waals surface area contributed by atoms with Crippen LogP contribution in [0.5, 0.6) is 0 Å². The molecule has 3 nitrogen and oxygen atoms in total. The quantitative estimate of drug-likeness (QED) is 0.579. The van der Waals surface area contributed by atoms with Crippen LogP contribution in [-0.4, -0.2) is 36.6 Å². The number of ether oxygens (including phenoxy) is 1. The first-order valence-corrected chi connectivity index (χ1v) is 8.59. The van der Waals surface area contributed by atoms with Crippen molar-refractivity contribution in [1.29, 1.82) is 0 Å². The molecule has 0 radical (unpaired) electrons. The van der Waals surface area contributed by atoms with Crippen molar-refractivity contribution in [2.45, 2.75) is 35.7 Å². The normalized spacial score (nSPS) is 36.1. The summed E-state index contributed by atoms with van der Waals surface area (Å²) >= 11 is 2.20. The van der Waals surface area contributed by atoms with Gasteiger partial charge in [-0.05, 0) is 18.8 Å². The molecule has 2 aliphatic rings. The van der Waals surface area contributed by atoms with Gasteiger partial charge < -0.3 is 4.74 Å². The van der Waals surface area contributed by atoms with Gasteiger partial charge in [0.15, 0.2) is 9.84 Å². The van der Waals surface area contributed by atoms with E-state index in [1.165, 1.54) is 25.7 Å². The first-order chi connectivity index (χ1) is 7.07. The minimum atomic E-state index is -2.82. The fraction of sp³-hybridized carbons (Fsp3) is 1.00. The first-order valence-electron chi connectivity index (χ1n) is 5.53. The van der Waals surface area contributed by atoms with Crippen molar-refractivity contribution < 1.29 is 13.2 Å². The molecule has 1 saturated heterocycles. The van der Waals surface area contributed by atoms with E-state index < -0.39 is 9.84 Å². The van der Waals surface area contributed by atoms with E-state index in [9.17, 15) is 8.42 Å². The van der Waals surface area contributed by atoms with Gasteiger partial charge in [0.2, 0.25) is 0 Å². The van der Waals surface area contributed by atoms with E-state index in [1.807, 2.05) is 0 Å². The summed E-state index contributed by atoms with van der Waals surface area (Å²) in [5.41, 5.74) is 0. The molecule has 0 aromatic rings. The molecule has 0 aromatic heterocycles. The summed E-state index contributed by atoms with van der Waals surface area (Å²) in [6, 6.07) is 0. The van der Waals surface area contributed by atoms with Crippen molar-refractivity contribution in [3.05, 3.63) is 0 Å². The van der Waals surface area contributed by atoms with Crippen LogP contribution in [0.3, 0.4) is 0 Å². The SMILES string of the molecule is O=S1(=O)CC(I)C(OCC2CCCC2)C1. The topological polar surface area (TPSA) is 43.4 Å². The van der Waals surface area contributed by atoms with Crippen LogP contribution >= 0.6 is 22.6 Å². The smallest absolute Gasteiger partial charge is 0.154 e. The fourth-order valence-electron chi connectivity index (χ4n) is 2.36. The lowest BCUT2D eigenvalue weighted by Gasteiger charge is -2.16. The molecule has 2 fully saturated rings. The zero-order chi connectivity index (χ0) is 10.9. The van der Waals surface area contributed by atoms with E-state index in [-0.39, 0.29) is 15.8 Å². The lowest BCUT2D eigenvalue weighted by molar-refractivity contribution is 0.0512. The molecule has 0 amide bonds. The Kier molecular flexibility index (Phi) is 3.93. The maximum Gasteiger partial charge on any atom is 0.154 e. The Morgan fingerprint density at radius 3 is 2.40 bits per heavy atom. The molecule has 1 aliphatic carbocycles. The fourth-order valence-corrected chi connectivity index (χ4v) is 6.48. The molecular weight excluding hydrogens is 327 g/mol. The van der Waals surface area contributed by atoms with E-state index in [0.717, 1.165) is 6.61 Å². The predicted molar refractivity (Wildman–Crippen MR) is 68.2 cm³/mol. The molecule has 0 spiro atoms. The zero-order valence-electron chi connectivity index (χ0n) is 8.69. The van der Waals surface area contributed by atoms with Crippen LogP contribution in [0.25, 0.3) is 0 Å². The van der Waals surface area contributed by atoms with Gasteiger partial charge in [0.25, 0.3) is 0 Å². The number of sulfone groups is 1. The van der Waals surface area contributed by atoms with Crippen LogP contribution in [0.2, 0.25) is 0 Å². The molecule has 1 aliphatic heterocycles. The lowest BCUT2D eigenvalue weighted by Crippen LogP contribution is -2.24. The van der Waals surface area contributed by atoms with Gasteiger partial charge in [-0.15, -0.1) is 0 Å². The van der Waals surface area contributed by atoms with Crippen molar-refractivity contribution in [1.82, 2.24) is 0 Å². The maximum absolute atomic E-state index is 11.4. The van der Waals surface area contributed by atoms with Gasteiger partial charge in [-0.2, -0.15) is 0 Å². The molecule has 2 unspecified atom stereocenters. The molecule has 1 saturated carbocycles. The third kappa shape index (κ3) is 3.30. The Hall–Kier alpha value is 0.640. The average molecular weight is 344 g/mol. The summed E-state index contributed by atoms with van der Waals surface area (Å²) in [6.07, 6.45) is 5.07. The molecule has 5 heteroatoms. The second kappa shape index (κ2) is 4.87. The van der Waals surface area contributed by atoms with Crippen molar-refractivity contribution >= 4 is 32.4 Å². The van der Waals surface area contributed by atoms with E-state index >= 15 is 0 Å². The Balaban J connectivity index is 1.79.